The third-order valence-corrected chi connectivity index (χ3v) is 2.18. The number of nitrogen functional groups attached to an aromatic ring is 1. The van der Waals surface area contributed by atoms with E-state index in [-0.39, 0.29) is 0 Å². The summed E-state index contributed by atoms with van der Waals surface area (Å²) in [6, 6.07) is 3.78. The average Bonchev–Trinajstić information content (AvgIpc) is 2.36. The summed E-state index contributed by atoms with van der Waals surface area (Å²) in [5.41, 5.74) is 7.40. The number of nitrogens with zero attached hydrogens (tertiary/aromatic N) is 2. The first-order chi connectivity index (χ1) is 5.27. The summed E-state index contributed by atoms with van der Waals surface area (Å²) in [6.45, 7) is 0. The predicted octanol–water partition coefficient (Wildman–Crippen LogP) is 1.68. The molecule has 11 heavy (non-hydrogen) atoms. The van der Waals surface area contributed by atoms with Gasteiger partial charge in [-0.3, -0.25) is 0 Å². The maximum absolute atomic E-state index is 5.66. The third-order valence-electron chi connectivity index (χ3n) is 1.52. The van der Waals surface area contributed by atoms with Gasteiger partial charge in [0, 0.05) is 18.1 Å². The van der Waals surface area contributed by atoms with Gasteiger partial charge >= 0.3 is 0 Å². The summed E-state index contributed by atoms with van der Waals surface area (Å²) < 4.78 is 2.63. The maximum Gasteiger partial charge on any atom is 0.0682 e. The molecule has 0 bridgehead atoms. The number of hydrogen-bond donors (Lipinski definition) is 1. The fourth-order valence-corrected chi connectivity index (χ4v) is 1.27. The molecule has 0 unspecified atom stereocenters. The van der Waals surface area contributed by atoms with Gasteiger partial charge in [0.15, 0.2) is 0 Å². The molecule has 0 saturated heterocycles. The summed E-state index contributed by atoms with van der Waals surface area (Å²) in [5, 5.41) is 4.05. The van der Waals surface area contributed by atoms with E-state index in [1.807, 2.05) is 18.3 Å². The molecule has 0 fully saturated rings. The summed E-state index contributed by atoms with van der Waals surface area (Å²) >= 11 is 3.32. The SMILES string of the molecule is Nc1cc2ccnn2cc1Br. The van der Waals surface area contributed by atoms with E-state index < -0.39 is 0 Å². The quantitative estimate of drug-likeness (QED) is 0.721. The van der Waals surface area contributed by atoms with Gasteiger partial charge in [-0.1, -0.05) is 0 Å². The van der Waals surface area contributed by atoms with Crippen molar-refractivity contribution >= 4 is 27.1 Å². The van der Waals surface area contributed by atoms with E-state index in [9.17, 15) is 0 Å². The number of rotatable bonds is 0. The molecule has 2 aromatic rings. The van der Waals surface area contributed by atoms with Crippen molar-refractivity contribution in [2.75, 3.05) is 5.73 Å². The van der Waals surface area contributed by atoms with Gasteiger partial charge in [0.25, 0.3) is 0 Å². The first-order valence-corrected chi connectivity index (χ1v) is 3.95. The number of anilines is 1. The van der Waals surface area contributed by atoms with E-state index in [0.717, 1.165) is 15.7 Å². The molecule has 0 aliphatic rings. The van der Waals surface area contributed by atoms with Crippen molar-refractivity contribution in [1.29, 1.82) is 0 Å². The average molecular weight is 212 g/mol. The van der Waals surface area contributed by atoms with Crippen LogP contribution >= 0.6 is 15.9 Å². The van der Waals surface area contributed by atoms with Gasteiger partial charge < -0.3 is 5.73 Å². The first kappa shape index (κ1) is 6.67. The van der Waals surface area contributed by atoms with Crippen LogP contribution in [0.2, 0.25) is 0 Å². The van der Waals surface area contributed by atoms with Gasteiger partial charge in [-0.15, -0.1) is 0 Å². The molecule has 0 aliphatic carbocycles. The Labute approximate surface area is 71.9 Å². The summed E-state index contributed by atoms with van der Waals surface area (Å²) in [5.74, 6) is 0. The highest BCUT2D eigenvalue weighted by Gasteiger charge is 1.97. The van der Waals surface area contributed by atoms with E-state index >= 15 is 0 Å². The standard InChI is InChI=1S/C7H6BrN3/c8-6-4-11-5(1-2-10-11)3-7(6)9/h1-4H,9H2. The van der Waals surface area contributed by atoms with Crippen LogP contribution in [0.3, 0.4) is 0 Å². The molecule has 0 saturated carbocycles. The van der Waals surface area contributed by atoms with Crippen molar-refractivity contribution in [2.24, 2.45) is 0 Å². The van der Waals surface area contributed by atoms with Crippen molar-refractivity contribution < 1.29 is 0 Å². The fraction of sp³-hybridized carbons (Fsp3) is 0. The Balaban J connectivity index is 2.86. The van der Waals surface area contributed by atoms with Crippen LogP contribution in [-0.2, 0) is 0 Å². The van der Waals surface area contributed by atoms with E-state index in [4.69, 9.17) is 5.73 Å². The van der Waals surface area contributed by atoms with Gasteiger partial charge in [-0.2, -0.15) is 5.10 Å². The fourth-order valence-electron chi connectivity index (χ4n) is 0.957. The lowest BCUT2D eigenvalue weighted by Gasteiger charge is -1.98. The first-order valence-electron chi connectivity index (χ1n) is 3.16. The molecule has 56 valence electrons. The van der Waals surface area contributed by atoms with E-state index in [1.54, 1.807) is 10.7 Å². The molecule has 0 amide bonds. The molecular weight excluding hydrogens is 206 g/mol. The van der Waals surface area contributed by atoms with Crippen LogP contribution in [0.15, 0.2) is 29.0 Å². The van der Waals surface area contributed by atoms with Crippen LogP contribution in [0, 0.1) is 0 Å². The highest BCUT2D eigenvalue weighted by Crippen LogP contribution is 2.19. The minimum atomic E-state index is 0.734. The lowest BCUT2D eigenvalue weighted by molar-refractivity contribution is 0.957. The summed E-state index contributed by atoms with van der Waals surface area (Å²) in [7, 11) is 0. The number of hydrogen-bond acceptors (Lipinski definition) is 2. The minimum absolute atomic E-state index is 0.734. The zero-order valence-electron chi connectivity index (χ0n) is 5.66. The van der Waals surface area contributed by atoms with Crippen LogP contribution in [-0.4, -0.2) is 9.61 Å². The second-order valence-corrected chi connectivity index (χ2v) is 3.13. The molecule has 0 aromatic carbocycles. The summed E-state index contributed by atoms with van der Waals surface area (Å²) in [6.07, 6.45) is 3.58. The van der Waals surface area contributed by atoms with Crippen molar-refractivity contribution in [3.8, 4) is 0 Å². The van der Waals surface area contributed by atoms with Crippen LogP contribution in [0.4, 0.5) is 5.69 Å². The number of pyridine rings is 1. The van der Waals surface area contributed by atoms with E-state index in [1.165, 1.54) is 0 Å². The number of nitrogens with two attached hydrogens (primary N) is 1. The maximum atomic E-state index is 5.66. The van der Waals surface area contributed by atoms with Crippen LogP contribution < -0.4 is 5.73 Å². The largest absolute Gasteiger partial charge is 0.398 e. The Morgan fingerprint density at radius 2 is 2.36 bits per heavy atom. The Bertz CT molecular complexity index is 357. The minimum Gasteiger partial charge on any atom is -0.398 e. The second kappa shape index (κ2) is 2.23. The zero-order valence-corrected chi connectivity index (χ0v) is 7.25. The van der Waals surface area contributed by atoms with Crippen LogP contribution in [0.5, 0.6) is 0 Å². The van der Waals surface area contributed by atoms with E-state index in [2.05, 4.69) is 21.0 Å². The summed E-state index contributed by atoms with van der Waals surface area (Å²) in [4.78, 5) is 0. The Morgan fingerprint density at radius 1 is 1.55 bits per heavy atom. The molecule has 2 rings (SSSR count). The van der Waals surface area contributed by atoms with Gasteiger partial charge in [0.05, 0.1) is 9.99 Å². The monoisotopic (exact) mass is 211 g/mol. The molecular formula is C7H6BrN3. The second-order valence-electron chi connectivity index (χ2n) is 2.28. The molecule has 4 heteroatoms. The Kier molecular flexibility index (Phi) is 1.35. The van der Waals surface area contributed by atoms with E-state index in [0.29, 0.717) is 0 Å². The highest BCUT2D eigenvalue weighted by atomic mass is 79.9. The van der Waals surface area contributed by atoms with Gasteiger partial charge in [0.2, 0.25) is 0 Å². The molecule has 0 atom stereocenters. The zero-order chi connectivity index (χ0) is 7.84. The highest BCUT2D eigenvalue weighted by molar-refractivity contribution is 9.10. The normalized spacial score (nSPS) is 10.6. The molecule has 2 heterocycles. The topological polar surface area (TPSA) is 43.3 Å². The van der Waals surface area contributed by atoms with Gasteiger partial charge in [-0.05, 0) is 28.1 Å². The molecule has 0 radical (unpaired) electrons. The third kappa shape index (κ3) is 0.991. The van der Waals surface area contributed by atoms with Crippen molar-refractivity contribution in [1.82, 2.24) is 9.61 Å². The lowest BCUT2D eigenvalue weighted by atomic mass is 10.4. The Hall–Kier alpha value is -1.03. The molecule has 2 N–H and O–H groups in total. The van der Waals surface area contributed by atoms with Crippen molar-refractivity contribution in [3.05, 3.63) is 29.0 Å². The van der Waals surface area contributed by atoms with Crippen molar-refractivity contribution in [3.63, 3.8) is 0 Å². The predicted molar refractivity (Wildman–Crippen MR) is 47.3 cm³/mol. The molecule has 0 aliphatic heterocycles. The lowest BCUT2D eigenvalue weighted by Crippen LogP contribution is -1.91. The van der Waals surface area contributed by atoms with Gasteiger partial charge in [-0.25, -0.2) is 4.52 Å². The number of aromatic nitrogens is 2. The van der Waals surface area contributed by atoms with Crippen LogP contribution in [0.25, 0.3) is 5.52 Å². The van der Waals surface area contributed by atoms with Crippen LogP contribution in [0.1, 0.15) is 0 Å². The molecule has 2 aromatic heterocycles. The number of fused-ring (bicyclic) bond motifs is 1. The Morgan fingerprint density at radius 3 is 3.18 bits per heavy atom. The molecule has 3 nitrogen and oxygen atoms in total. The number of halogens is 1. The smallest absolute Gasteiger partial charge is 0.0682 e. The van der Waals surface area contributed by atoms with Gasteiger partial charge in [0.1, 0.15) is 0 Å². The molecule has 0 spiro atoms. The van der Waals surface area contributed by atoms with Crippen molar-refractivity contribution in [2.45, 2.75) is 0 Å².